The van der Waals surface area contributed by atoms with Crippen LogP contribution in [0.5, 0.6) is 0 Å². The van der Waals surface area contributed by atoms with E-state index in [0.717, 1.165) is 31.0 Å². The van der Waals surface area contributed by atoms with Crippen LogP contribution in [0.4, 0.5) is 0 Å². The summed E-state index contributed by atoms with van der Waals surface area (Å²) in [5, 5.41) is 7.45. The van der Waals surface area contributed by atoms with Crippen molar-refractivity contribution in [2.24, 2.45) is 13.0 Å². The molecule has 1 N–H and O–H groups in total. The lowest BCUT2D eigenvalue weighted by Crippen LogP contribution is -2.31. The van der Waals surface area contributed by atoms with Gasteiger partial charge >= 0.3 is 0 Å². The van der Waals surface area contributed by atoms with E-state index in [-0.39, 0.29) is 0 Å². The summed E-state index contributed by atoms with van der Waals surface area (Å²) in [6.45, 7) is 2.18. The van der Waals surface area contributed by atoms with Crippen LogP contribution in [-0.4, -0.2) is 32.8 Å². The summed E-state index contributed by atoms with van der Waals surface area (Å²) in [5.74, 6) is 1.96. The van der Waals surface area contributed by atoms with E-state index in [1.165, 1.54) is 12.8 Å². The molecule has 0 aromatic carbocycles. The number of piperidine rings is 1. The molecule has 96 valence electrons. The number of hydrogen-bond acceptors (Lipinski definition) is 5. The maximum absolute atomic E-state index is 5.29. The molecule has 3 heterocycles. The Kier molecular flexibility index (Phi) is 3.10. The van der Waals surface area contributed by atoms with E-state index in [2.05, 4.69) is 20.4 Å². The van der Waals surface area contributed by atoms with Crippen LogP contribution in [0.3, 0.4) is 0 Å². The van der Waals surface area contributed by atoms with E-state index in [9.17, 15) is 0 Å². The highest BCUT2D eigenvalue weighted by Gasteiger charge is 2.18. The summed E-state index contributed by atoms with van der Waals surface area (Å²) in [6.07, 6.45) is 6.82. The highest BCUT2D eigenvalue weighted by atomic mass is 16.5. The number of rotatable bonds is 3. The Labute approximate surface area is 105 Å². The van der Waals surface area contributed by atoms with E-state index < -0.39 is 0 Å². The Morgan fingerprint density at radius 2 is 2.50 bits per heavy atom. The predicted octanol–water partition coefficient (Wildman–Crippen LogP) is 1.01. The third-order valence-corrected chi connectivity index (χ3v) is 3.37. The van der Waals surface area contributed by atoms with Gasteiger partial charge in [0.2, 0.25) is 0 Å². The molecule has 2 aromatic heterocycles. The molecule has 1 fully saturated rings. The smallest absolute Gasteiger partial charge is 0.276 e. The molecule has 1 aliphatic heterocycles. The fourth-order valence-electron chi connectivity index (χ4n) is 2.36. The minimum atomic E-state index is 0.550. The molecule has 0 radical (unpaired) electrons. The van der Waals surface area contributed by atoms with Gasteiger partial charge < -0.3 is 14.4 Å². The van der Waals surface area contributed by atoms with E-state index in [1.54, 1.807) is 12.5 Å². The first-order chi connectivity index (χ1) is 8.83. The molecule has 3 rings (SSSR count). The highest BCUT2D eigenvalue weighted by molar-refractivity contribution is 5.45. The first-order valence-electron chi connectivity index (χ1n) is 6.33. The lowest BCUT2D eigenvalue weighted by molar-refractivity contribution is 0.359. The van der Waals surface area contributed by atoms with Crippen molar-refractivity contribution in [1.29, 1.82) is 0 Å². The SMILES string of the molecule is Cn1cncc1-c1nc(CC2CCCNC2)no1. The Hall–Kier alpha value is -1.69. The van der Waals surface area contributed by atoms with Crippen LogP contribution in [0.25, 0.3) is 11.6 Å². The van der Waals surface area contributed by atoms with Crippen LogP contribution >= 0.6 is 0 Å². The standard InChI is InChI=1S/C12H17N5O/c1-17-8-14-7-10(17)12-15-11(16-18-12)5-9-3-2-4-13-6-9/h7-9,13H,2-6H2,1H3. The molecule has 0 spiro atoms. The second-order valence-corrected chi connectivity index (χ2v) is 4.82. The molecule has 1 saturated heterocycles. The monoisotopic (exact) mass is 247 g/mol. The minimum absolute atomic E-state index is 0.550. The van der Waals surface area contributed by atoms with E-state index in [1.807, 2.05) is 11.6 Å². The lowest BCUT2D eigenvalue weighted by Gasteiger charge is -2.20. The van der Waals surface area contributed by atoms with Gasteiger partial charge in [0, 0.05) is 13.5 Å². The average molecular weight is 247 g/mol. The zero-order chi connectivity index (χ0) is 12.4. The number of hydrogen-bond donors (Lipinski definition) is 1. The van der Waals surface area contributed by atoms with Gasteiger partial charge in [-0.3, -0.25) is 0 Å². The van der Waals surface area contributed by atoms with Gasteiger partial charge in [-0.25, -0.2) is 4.98 Å². The molecule has 1 aliphatic rings. The van der Waals surface area contributed by atoms with Gasteiger partial charge in [-0.05, 0) is 31.8 Å². The summed E-state index contributed by atoms with van der Waals surface area (Å²) in [4.78, 5) is 8.49. The van der Waals surface area contributed by atoms with Gasteiger partial charge in [-0.15, -0.1) is 0 Å². The predicted molar refractivity (Wildman–Crippen MR) is 65.8 cm³/mol. The molecule has 6 nitrogen and oxygen atoms in total. The summed E-state index contributed by atoms with van der Waals surface area (Å²) in [5.41, 5.74) is 0.857. The minimum Gasteiger partial charge on any atom is -0.332 e. The molecular weight excluding hydrogens is 230 g/mol. The average Bonchev–Trinajstić information content (AvgIpc) is 2.99. The number of aromatic nitrogens is 4. The van der Waals surface area contributed by atoms with Gasteiger partial charge in [-0.2, -0.15) is 4.98 Å². The number of nitrogens with zero attached hydrogens (tertiary/aromatic N) is 4. The van der Waals surface area contributed by atoms with Crippen molar-refractivity contribution in [3.8, 4) is 11.6 Å². The third-order valence-electron chi connectivity index (χ3n) is 3.37. The van der Waals surface area contributed by atoms with Gasteiger partial charge in [0.25, 0.3) is 5.89 Å². The fourth-order valence-corrected chi connectivity index (χ4v) is 2.36. The molecule has 1 atom stereocenters. The van der Waals surface area contributed by atoms with Gasteiger partial charge in [0.15, 0.2) is 5.82 Å². The molecular formula is C12H17N5O. The van der Waals surface area contributed by atoms with Crippen LogP contribution in [0.1, 0.15) is 18.7 Å². The zero-order valence-corrected chi connectivity index (χ0v) is 10.5. The molecule has 0 aliphatic carbocycles. The first-order valence-corrected chi connectivity index (χ1v) is 6.33. The number of aryl methyl sites for hydroxylation is 1. The summed E-state index contributed by atoms with van der Waals surface area (Å²) < 4.78 is 7.16. The van der Waals surface area contributed by atoms with Crippen molar-refractivity contribution in [2.75, 3.05) is 13.1 Å². The topological polar surface area (TPSA) is 68.8 Å². The molecule has 0 saturated carbocycles. The summed E-state index contributed by atoms with van der Waals surface area (Å²) in [6, 6.07) is 0. The maximum Gasteiger partial charge on any atom is 0.276 e. The zero-order valence-electron chi connectivity index (χ0n) is 10.5. The molecule has 6 heteroatoms. The molecule has 0 amide bonds. The van der Waals surface area contributed by atoms with Crippen molar-refractivity contribution in [3.05, 3.63) is 18.3 Å². The van der Waals surface area contributed by atoms with Gasteiger partial charge in [-0.1, -0.05) is 5.16 Å². The van der Waals surface area contributed by atoms with Crippen LogP contribution in [0, 0.1) is 5.92 Å². The Balaban J connectivity index is 1.71. The van der Waals surface area contributed by atoms with Crippen LogP contribution in [-0.2, 0) is 13.5 Å². The maximum atomic E-state index is 5.29. The number of nitrogens with one attached hydrogen (secondary N) is 1. The Bertz CT molecular complexity index is 512. The molecule has 1 unspecified atom stereocenters. The van der Waals surface area contributed by atoms with E-state index in [0.29, 0.717) is 11.8 Å². The van der Waals surface area contributed by atoms with Crippen molar-refractivity contribution in [3.63, 3.8) is 0 Å². The third kappa shape index (κ3) is 2.28. The number of imidazole rings is 1. The van der Waals surface area contributed by atoms with E-state index >= 15 is 0 Å². The quantitative estimate of drug-likeness (QED) is 0.876. The second kappa shape index (κ2) is 4.89. The van der Waals surface area contributed by atoms with Crippen molar-refractivity contribution >= 4 is 0 Å². The molecule has 0 bridgehead atoms. The van der Waals surface area contributed by atoms with E-state index in [4.69, 9.17) is 4.52 Å². The fraction of sp³-hybridized carbons (Fsp3) is 0.583. The normalized spacial score (nSPS) is 20.2. The molecule has 18 heavy (non-hydrogen) atoms. The highest BCUT2D eigenvalue weighted by Crippen LogP contribution is 2.19. The van der Waals surface area contributed by atoms with Gasteiger partial charge in [0.05, 0.1) is 12.5 Å². The molecule has 2 aromatic rings. The van der Waals surface area contributed by atoms with Crippen molar-refractivity contribution in [2.45, 2.75) is 19.3 Å². The first kappa shape index (κ1) is 11.4. The summed E-state index contributed by atoms with van der Waals surface area (Å²) in [7, 11) is 1.91. The van der Waals surface area contributed by atoms with Crippen LogP contribution in [0.2, 0.25) is 0 Å². The lowest BCUT2D eigenvalue weighted by atomic mass is 9.96. The van der Waals surface area contributed by atoms with Gasteiger partial charge in [0.1, 0.15) is 5.69 Å². The van der Waals surface area contributed by atoms with Crippen LogP contribution in [0.15, 0.2) is 17.0 Å². The van der Waals surface area contributed by atoms with Crippen molar-refractivity contribution in [1.82, 2.24) is 25.0 Å². The largest absolute Gasteiger partial charge is 0.332 e. The second-order valence-electron chi connectivity index (χ2n) is 4.82. The summed E-state index contributed by atoms with van der Waals surface area (Å²) >= 11 is 0. The Morgan fingerprint density at radius 3 is 3.22 bits per heavy atom. The van der Waals surface area contributed by atoms with Crippen molar-refractivity contribution < 1.29 is 4.52 Å². The van der Waals surface area contributed by atoms with Crippen LogP contribution < -0.4 is 5.32 Å². The Morgan fingerprint density at radius 1 is 1.56 bits per heavy atom.